The van der Waals surface area contributed by atoms with Crippen molar-refractivity contribution in [2.45, 2.75) is 43.7 Å². The van der Waals surface area contributed by atoms with Crippen molar-refractivity contribution >= 4 is 11.9 Å². The summed E-state index contributed by atoms with van der Waals surface area (Å²) in [6.07, 6.45) is 1.72. The van der Waals surface area contributed by atoms with Gasteiger partial charge in [-0.05, 0) is 54.4 Å². The molecule has 2 heterocycles. The summed E-state index contributed by atoms with van der Waals surface area (Å²) in [5.74, 6) is -2.54. The molecule has 1 N–H and O–H groups in total. The predicted octanol–water partition coefficient (Wildman–Crippen LogP) is 3.76. The number of alkyl halides is 3. The van der Waals surface area contributed by atoms with Crippen LogP contribution in [0.1, 0.15) is 36.1 Å². The number of pyridine rings is 1. The van der Waals surface area contributed by atoms with Crippen molar-refractivity contribution in [2.24, 2.45) is 0 Å². The number of nitrogens with zero attached hydrogens (tertiary/aromatic N) is 2. The van der Waals surface area contributed by atoms with Crippen molar-refractivity contribution in [3.05, 3.63) is 65.5 Å². The first-order chi connectivity index (χ1) is 14.2. The van der Waals surface area contributed by atoms with Crippen LogP contribution < -0.4 is 0 Å². The number of carbonyl (C=O) groups excluding carboxylic acids is 1. The number of hydrogen-bond acceptors (Lipinski definition) is 3. The lowest BCUT2D eigenvalue weighted by Gasteiger charge is -2.40. The normalized spacial score (nSPS) is 17.1. The molecule has 1 fully saturated rings. The Kier molecular flexibility index (Phi) is 6.43. The van der Waals surface area contributed by atoms with E-state index in [0.29, 0.717) is 11.8 Å². The molecule has 0 atom stereocenters. The second kappa shape index (κ2) is 8.85. The molecule has 0 saturated carbocycles. The molecule has 2 aliphatic rings. The van der Waals surface area contributed by atoms with Crippen molar-refractivity contribution in [1.82, 2.24) is 9.88 Å². The molecule has 1 aromatic heterocycles. The van der Waals surface area contributed by atoms with Crippen LogP contribution in [0.3, 0.4) is 0 Å². The molecule has 4 rings (SSSR count). The molecule has 1 amide bonds. The van der Waals surface area contributed by atoms with Crippen LogP contribution in [-0.2, 0) is 27.8 Å². The van der Waals surface area contributed by atoms with Crippen LogP contribution in [0.2, 0.25) is 0 Å². The lowest BCUT2D eigenvalue weighted by molar-refractivity contribution is -0.192. The molecule has 1 saturated heterocycles. The fourth-order valence-electron chi connectivity index (χ4n) is 4.24. The second-order valence-corrected chi connectivity index (χ2v) is 7.62. The van der Waals surface area contributed by atoms with Crippen molar-refractivity contribution < 1.29 is 27.9 Å². The molecular weight excluding hydrogens is 397 g/mol. The van der Waals surface area contributed by atoms with Crippen LogP contribution in [0.15, 0.2) is 48.7 Å². The molecule has 1 spiro atoms. The highest BCUT2D eigenvalue weighted by Crippen LogP contribution is 2.46. The van der Waals surface area contributed by atoms with E-state index in [-0.39, 0.29) is 5.91 Å². The molecule has 0 unspecified atom stereocenters. The minimum absolute atomic E-state index is 0.213. The minimum Gasteiger partial charge on any atom is -0.475 e. The molecule has 1 aromatic carbocycles. The Bertz CT molecular complexity index is 892. The Morgan fingerprint density at radius 3 is 2.27 bits per heavy atom. The highest BCUT2D eigenvalue weighted by atomic mass is 19.4. The third-order valence-corrected chi connectivity index (χ3v) is 5.84. The average molecular weight is 420 g/mol. The second-order valence-electron chi connectivity index (χ2n) is 7.62. The highest BCUT2D eigenvalue weighted by molar-refractivity contribution is 5.78. The Morgan fingerprint density at radius 1 is 1.03 bits per heavy atom. The SMILES string of the molecule is O=C(Cc1ccccn1)N1CCC2(CCc3ccccc32)CC1.O=C(O)C(F)(F)F. The fraction of sp³-hybridized carbons (Fsp3) is 0.409. The maximum Gasteiger partial charge on any atom is 0.490 e. The van der Waals surface area contributed by atoms with Gasteiger partial charge in [0.05, 0.1) is 6.42 Å². The minimum atomic E-state index is -5.08. The monoisotopic (exact) mass is 420 g/mol. The van der Waals surface area contributed by atoms with Gasteiger partial charge < -0.3 is 10.0 Å². The first-order valence-corrected chi connectivity index (χ1v) is 9.77. The van der Waals surface area contributed by atoms with Crippen molar-refractivity contribution in [2.75, 3.05) is 13.1 Å². The van der Waals surface area contributed by atoms with E-state index in [4.69, 9.17) is 9.90 Å². The standard InChI is InChI=1S/C20H22N2O.C2HF3O2/c23-19(15-17-6-3-4-12-21-17)22-13-10-20(11-14-22)9-8-16-5-1-2-7-18(16)20;3-2(4,5)1(6)7/h1-7,12H,8-11,13-15H2;(H,6,7). The molecule has 30 heavy (non-hydrogen) atoms. The third-order valence-electron chi connectivity index (χ3n) is 5.84. The van der Waals surface area contributed by atoms with Gasteiger partial charge in [-0.1, -0.05) is 30.3 Å². The van der Waals surface area contributed by atoms with Crippen LogP contribution in [0.4, 0.5) is 13.2 Å². The summed E-state index contributed by atoms with van der Waals surface area (Å²) in [4.78, 5) is 27.7. The number of piperidine rings is 1. The number of benzene rings is 1. The van der Waals surface area contributed by atoms with Crippen LogP contribution in [0.5, 0.6) is 0 Å². The zero-order valence-corrected chi connectivity index (χ0v) is 16.4. The van der Waals surface area contributed by atoms with E-state index in [1.165, 1.54) is 24.0 Å². The van der Waals surface area contributed by atoms with Crippen LogP contribution in [-0.4, -0.2) is 46.1 Å². The van der Waals surface area contributed by atoms with Gasteiger partial charge in [-0.15, -0.1) is 0 Å². The number of carboxylic acids is 1. The number of aromatic nitrogens is 1. The number of hydrogen-bond donors (Lipinski definition) is 1. The quantitative estimate of drug-likeness (QED) is 0.803. The van der Waals surface area contributed by atoms with Gasteiger partial charge in [0.1, 0.15) is 0 Å². The number of amides is 1. The number of rotatable bonds is 2. The summed E-state index contributed by atoms with van der Waals surface area (Å²) < 4.78 is 31.7. The van der Waals surface area contributed by atoms with E-state index < -0.39 is 12.1 Å². The lowest BCUT2D eigenvalue weighted by atomic mass is 9.74. The third kappa shape index (κ3) is 4.98. The zero-order chi connectivity index (χ0) is 21.8. The molecule has 0 bridgehead atoms. The van der Waals surface area contributed by atoms with Gasteiger partial charge in [-0.2, -0.15) is 13.2 Å². The Morgan fingerprint density at radius 2 is 1.67 bits per heavy atom. The number of likely N-dealkylation sites (tertiary alicyclic amines) is 1. The van der Waals surface area contributed by atoms with Gasteiger partial charge in [0.25, 0.3) is 0 Å². The molecule has 5 nitrogen and oxygen atoms in total. The Hall–Kier alpha value is -2.90. The van der Waals surface area contributed by atoms with E-state index in [9.17, 15) is 18.0 Å². The van der Waals surface area contributed by atoms with E-state index in [1.54, 1.807) is 6.20 Å². The van der Waals surface area contributed by atoms with Crippen molar-refractivity contribution in [1.29, 1.82) is 0 Å². The molecule has 1 aliphatic carbocycles. The fourth-order valence-corrected chi connectivity index (χ4v) is 4.24. The number of aryl methyl sites for hydroxylation is 1. The van der Waals surface area contributed by atoms with Crippen LogP contribution in [0.25, 0.3) is 0 Å². The molecular formula is C22H23F3N2O3. The first kappa shape index (κ1) is 21.8. The molecule has 1 aliphatic heterocycles. The largest absolute Gasteiger partial charge is 0.490 e. The molecule has 160 valence electrons. The highest BCUT2D eigenvalue weighted by Gasteiger charge is 2.41. The smallest absolute Gasteiger partial charge is 0.475 e. The Labute approximate surface area is 172 Å². The van der Waals surface area contributed by atoms with Gasteiger partial charge >= 0.3 is 12.1 Å². The molecule has 2 aromatic rings. The van der Waals surface area contributed by atoms with Gasteiger partial charge in [0.15, 0.2) is 0 Å². The average Bonchev–Trinajstić information content (AvgIpc) is 3.07. The number of carbonyl (C=O) groups is 2. The van der Waals surface area contributed by atoms with Gasteiger partial charge in [-0.25, -0.2) is 4.79 Å². The summed E-state index contributed by atoms with van der Waals surface area (Å²) in [5, 5.41) is 7.12. The first-order valence-electron chi connectivity index (χ1n) is 9.77. The number of aliphatic carboxylic acids is 1. The molecule has 0 radical (unpaired) electrons. The number of halogens is 3. The topological polar surface area (TPSA) is 70.5 Å². The zero-order valence-electron chi connectivity index (χ0n) is 16.4. The summed E-state index contributed by atoms with van der Waals surface area (Å²) in [5.41, 5.74) is 4.24. The Balaban J connectivity index is 0.000000318. The van der Waals surface area contributed by atoms with E-state index in [2.05, 4.69) is 29.2 Å². The van der Waals surface area contributed by atoms with Crippen LogP contribution in [0, 0.1) is 0 Å². The maximum atomic E-state index is 12.5. The lowest BCUT2D eigenvalue weighted by Crippen LogP contribution is -2.44. The van der Waals surface area contributed by atoms with Crippen molar-refractivity contribution in [3.63, 3.8) is 0 Å². The van der Waals surface area contributed by atoms with Gasteiger partial charge in [0.2, 0.25) is 5.91 Å². The van der Waals surface area contributed by atoms with E-state index in [1.807, 2.05) is 23.1 Å². The van der Waals surface area contributed by atoms with E-state index >= 15 is 0 Å². The molecule has 8 heteroatoms. The predicted molar refractivity (Wildman–Crippen MR) is 104 cm³/mol. The summed E-state index contributed by atoms with van der Waals surface area (Å²) in [6, 6.07) is 14.6. The van der Waals surface area contributed by atoms with E-state index in [0.717, 1.165) is 31.6 Å². The summed E-state index contributed by atoms with van der Waals surface area (Å²) in [6.45, 7) is 1.75. The number of fused-ring (bicyclic) bond motifs is 2. The van der Waals surface area contributed by atoms with Crippen molar-refractivity contribution in [3.8, 4) is 0 Å². The van der Waals surface area contributed by atoms with Gasteiger partial charge in [-0.3, -0.25) is 9.78 Å². The maximum absolute atomic E-state index is 12.5. The summed E-state index contributed by atoms with van der Waals surface area (Å²) >= 11 is 0. The van der Waals surface area contributed by atoms with Crippen LogP contribution >= 0.6 is 0 Å². The summed E-state index contributed by atoms with van der Waals surface area (Å²) in [7, 11) is 0. The van der Waals surface area contributed by atoms with Gasteiger partial charge in [0, 0.05) is 25.0 Å². The number of carboxylic acid groups (broad SMARTS) is 1.